The predicted octanol–water partition coefficient (Wildman–Crippen LogP) is 6.14. The number of carboxylic acids is 1. The zero-order valence-electron chi connectivity index (χ0n) is 19.3. The highest BCUT2D eigenvalue weighted by atomic mass is 35.5. The van der Waals surface area contributed by atoms with Crippen molar-refractivity contribution >= 4 is 28.6 Å². The first-order valence-electron chi connectivity index (χ1n) is 10.5. The van der Waals surface area contributed by atoms with Crippen LogP contribution in [0.4, 0.5) is 0 Å². The summed E-state index contributed by atoms with van der Waals surface area (Å²) in [4.78, 5) is 17.2. The second-order valence-corrected chi connectivity index (χ2v) is 9.35. The standard InChI is InChI=1S/C25H28ClN3O3/c1-14-16(3)29(13-7-12-27)23-19(14)21(17-8-10-18(26)11-9-17)20(15(2)28-23)22(24(30)31)32-25(4,5)6/h8-11,22H,7,13H2,1-6H3,(H,30,31)/t22-/m1/s1. The molecule has 1 atom stereocenters. The lowest BCUT2D eigenvalue weighted by molar-refractivity contribution is -0.160. The summed E-state index contributed by atoms with van der Waals surface area (Å²) in [6.45, 7) is 11.8. The molecule has 0 aliphatic carbocycles. The van der Waals surface area contributed by atoms with E-state index < -0.39 is 17.7 Å². The number of carbonyl (C=O) groups is 1. The van der Waals surface area contributed by atoms with Gasteiger partial charge < -0.3 is 14.4 Å². The van der Waals surface area contributed by atoms with Crippen molar-refractivity contribution in [1.82, 2.24) is 9.55 Å². The molecule has 0 bridgehead atoms. The molecule has 2 heterocycles. The van der Waals surface area contributed by atoms with Crippen molar-refractivity contribution in [3.63, 3.8) is 0 Å². The highest BCUT2D eigenvalue weighted by Crippen LogP contribution is 2.42. The van der Waals surface area contributed by atoms with E-state index in [4.69, 9.17) is 26.6 Å². The topological polar surface area (TPSA) is 88.1 Å². The van der Waals surface area contributed by atoms with E-state index >= 15 is 0 Å². The fraction of sp³-hybridized carbons (Fsp3) is 0.400. The Balaban J connectivity index is 2.46. The van der Waals surface area contributed by atoms with Gasteiger partial charge in [0.05, 0.1) is 18.1 Å². The summed E-state index contributed by atoms with van der Waals surface area (Å²) in [5.41, 5.74) is 4.78. The van der Waals surface area contributed by atoms with E-state index in [1.54, 1.807) is 12.1 Å². The Labute approximate surface area is 193 Å². The molecule has 7 heteroatoms. The van der Waals surface area contributed by atoms with Crippen molar-refractivity contribution in [1.29, 1.82) is 5.26 Å². The quantitative estimate of drug-likeness (QED) is 0.484. The lowest BCUT2D eigenvalue weighted by Crippen LogP contribution is -2.28. The number of fused-ring (bicyclic) bond motifs is 1. The molecule has 3 rings (SSSR count). The Morgan fingerprint density at radius 1 is 1.25 bits per heavy atom. The van der Waals surface area contributed by atoms with E-state index in [-0.39, 0.29) is 0 Å². The van der Waals surface area contributed by atoms with Gasteiger partial charge in [0.2, 0.25) is 0 Å². The Hall–Kier alpha value is -2.88. The molecule has 0 fully saturated rings. The second-order valence-electron chi connectivity index (χ2n) is 8.91. The molecule has 0 amide bonds. The first-order chi connectivity index (χ1) is 15.0. The van der Waals surface area contributed by atoms with Gasteiger partial charge in [0.15, 0.2) is 6.10 Å². The first kappa shape index (κ1) is 23.8. The highest BCUT2D eigenvalue weighted by molar-refractivity contribution is 6.30. The zero-order chi connectivity index (χ0) is 23.8. The highest BCUT2D eigenvalue weighted by Gasteiger charge is 2.33. The van der Waals surface area contributed by atoms with Crippen molar-refractivity contribution < 1.29 is 14.6 Å². The number of aromatic nitrogens is 2. The van der Waals surface area contributed by atoms with Crippen LogP contribution >= 0.6 is 11.6 Å². The fourth-order valence-electron chi connectivity index (χ4n) is 4.05. The van der Waals surface area contributed by atoms with Crippen LogP contribution in [0, 0.1) is 32.1 Å². The van der Waals surface area contributed by atoms with E-state index in [9.17, 15) is 9.90 Å². The summed E-state index contributed by atoms with van der Waals surface area (Å²) in [7, 11) is 0. The number of pyridine rings is 1. The van der Waals surface area contributed by atoms with E-state index in [1.165, 1.54) is 0 Å². The third-order valence-corrected chi connectivity index (χ3v) is 5.77. The number of nitriles is 1. The van der Waals surface area contributed by atoms with Crippen LogP contribution in [0.3, 0.4) is 0 Å². The average Bonchev–Trinajstić information content (AvgIpc) is 2.93. The molecular weight excluding hydrogens is 426 g/mol. The summed E-state index contributed by atoms with van der Waals surface area (Å²) in [5, 5.41) is 20.7. The SMILES string of the molecule is Cc1nc2c(c(C)c(C)n2CCC#N)c(-c2ccc(Cl)cc2)c1[C@@H](OC(C)(C)C)C(=O)O. The van der Waals surface area contributed by atoms with Gasteiger partial charge in [-0.3, -0.25) is 0 Å². The lowest BCUT2D eigenvalue weighted by atomic mass is 9.91. The number of carboxylic acid groups (broad SMARTS) is 1. The zero-order valence-corrected chi connectivity index (χ0v) is 20.0. The van der Waals surface area contributed by atoms with Gasteiger partial charge in [-0.05, 0) is 64.8 Å². The molecule has 32 heavy (non-hydrogen) atoms. The minimum atomic E-state index is -1.19. The van der Waals surface area contributed by atoms with E-state index in [0.29, 0.717) is 29.2 Å². The van der Waals surface area contributed by atoms with Crippen LogP contribution in [0.15, 0.2) is 24.3 Å². The molecule has 0 aliphatic rings. The van der Waals surface area contributed by atoms with Gasteiger partial charge in [-0.2, -0.15) is 5.26 Å². The van der Waals surface area contributed by atoms with Crippen LogP contribution in [-0.2, 0) is 16.1 Å². The van der Waals surface area contributed by atoms with Gasteiger partial charge in [0.1, 0.15) is 5.65 Å². The molecule has 168 valence electrons. The van der Waals surface area contributed by atoms with E-state index in [2.05, 4.69) is 6.07 Å². The van der Waals surface area contributed by atoms with Crippen LogP contribution in [0.5, 0.6) is 0 Å². The number of hydrogen-bond acceptors (Lipinski definition) is 4. The Bertz CT molecular complexity index is 1210. The molecule has 3 aromatic rings. The predicted molar refractivity (Wildman–Crippen MR) is 126 cm³/mol. The second kappa shape index (κ2) is 8.93. The minimum absolute atomic E-state index is 0.355. The summed E-state index contributed by atoms with van der Waals surface area (Å²) < 4.78 is 8.06. The number of nitrogens with zero attached hydrogens (tertiary/aromatic N) is 3. The molecular formula is C25H28ClN3O3. The van der Waals surface area contributed by atoms with Gasteiger partial charge in [0.25, 0.3) is 0 Å². The van der Waals surface area contributed by atoms with Crippen molar-refractivity contribution in [2.75, 3.05) is 0 Å². The number of ether oxygens (including phenoxy) is 1. The fourth-order valence-corrected chi connectivity index (χ4v) is 4.18. The third-order valence-electron chi connectivity index (χ3n) is 5.52. The molecule has 0 radical (unpaired) electrons. The number of aliphatic carboxylic acids is 1. The maximum absolute atomic E-state index is 12.4. The Morgan fingerprint density at radius 3 is 2.41 bits per heavy atom. The van der Waals surface area contributed by atoms with Crippen LogP contribution in [0.1, 0.15) is 55.8 Å². The van der Waals surface area contributed by atoms with Crippen LogP contribution < -0.4 is 0 Å². The molecule has 1 N–H and O–H groups in total. The molecule has 0 saturated carbocycles. The minimum Gasteiger partial charge on any atom is -0.479 e. The normalized spacial score (nSPS) is 12.7. The van der Waals surface area contributed by atoms with Gasteiger partial charge in [-0.15, -0.1) is 0 Å². The summed E-state index contributed by atoms with van der Waals surface area (Å²) in [6.07, 6.45) is -0.840. The molecule has 1 aromatic carbocycles. The van der Waals surface area contributed by atoms with Crippen molar-refractivity contribution in [3.8, 4) is 17.2 Å². The third kappa shape index (κ3) is 4.50. The molecule has 2 aromatic heterocycles. The van der Waals surface area contributed by atoms with Gasteiger partial charge in [-0.1, -0.05) is 23.7 Å². The largest absolute Gasteiger partial charge is 0.479 e. The number of aryl methyl sites for hydroxylation is 3. The molecule has 6 nitrogen and oxygen atoms in total. The molecule has 0 aliphatic heterocycles. The summed E-state index contributed by atoms with van der Waals surface area (Å²) in [6, 6.07) is 9.54. The monoisotopic (exact) mass is 453 g/mol. The van der Waals surface area contributed by atoms with Gasteiger partial charge >= 0.3 is 5.97 Å². The van der Waals surface area contributed by atoms with Crippen molar-refractivity contribution in [3.05, 3.63) is 51.8 Å². The lowest BCUT2D eigenvalue weighted by Gasteiger charge is -2.28. The molecule has 0 unspecified atom stereocenters. The average molecular weight is 454 g/mol. The summed E-state index contributed by atoms with van der Waals surface area (Å²) >= 11 is 6.14. The van der Waals surface area contributed by atoms with Crippen LogP contribution in [0.2, 0.25) is 5.02 Å². The van der Waals surface area contributed by atoms with Crippen LogP contribution in [-0.4, -0.2) is 26.2 Å². The first-order valence-corrected chi connectivity index (χ1v) is 10.9. The number of rotatable bonds is 6. The maximum atomic E-state index is 12.4. The summed E-state index contributed by atoms with van der Waals surface area (Å²) in [5.74, 6) is -1.07. The smallest absolute Gasteiger partial charge is 0.337 e. The van der Waals surface area contributed by atoms with Gasteiger partial charge in [0, 0.05) is 39.5 Å². The Morgan fingerprint density at radius 2 is 1.88 bits per heavy atom. The molecule has 0 saturated heterocycles. The van der Waals surface area contributed by atoms with Crippen molar-refractivity contribution in [2.24, 2.45) is 0 Å². The maximum Gasteiger partial charge on any atom is 0.337 e. The van der Waals surface area contributed by atoms with Crippen LogP contribution in [0.25, 0.3) is 22.2 Å². The van der Waals surface area contributed by atoms with Crippen molar-refractivity contribution in [2.45, 2.75) is 66.2 Å². The van der Waals surface area contributed by atoms with E-state index in [0.717, 1.165) is 33.4 Å². The Kier molecular flexibility index (Phi) is 6.64. The van der Waals surface area contributed by atoms with Gasteiger partial charge in [-0.25, -0.2) is 9.78 Å². The molecule has 0 spiro atoms. The number of hydrogen-bond donors (Lipinski definition) is 1. The number of benzene rings is 1. The number of halogens is 1. The van der Waals surface area contributed by atoms with E-state index in [1.807, 2.05) is 58.2 Å².